The molecule has 3 N–H and O–H groups in total. The van der Waals surface area contributed by atoms with Gasteiger partial charge in [-0.25, -0.2) is 10.4 Å². The predicted octanol–water partition coefficient (Wildman–Crippen LogP) is 1.37. The monoisotopic (exact) mass is 352 g/mol. The molecule has 0 spiro atoms. The van der Waals surface area contributed by atoms with Crippen LogP contribution in [0.2, 0.25) is 0 Å². The zero-order valence-corrected chi connectivity index (χ0v) is 14.4. The molecule has 1 aliphatic heterocycles. The maximum absolute atomic E-state index is 12.6. The summed E-state index contributed by atoms with van der Waals surface area (Å²) in [5.74, 6) is 0.0959. The second-order valence-electron chi connectivity index (χ2n) is 6.88. The van der Waals surface area contributed by atoms with Gasteiger partial charge in [-0.15, -0.1) is 0 Å². The molecule has 2 fully saturated rings. The Hall–Kier alpha value is -2.76. The van der Waals surface area contributed by atoms with Crippen molar-refractivity contribution in [1.29, 1.82) is 5.26 Å². The van der Waals surface area contributed by atoms with Crippen LogP contribution in [0, 0.1) is 24.2 Å². The highest BCUT2D eigenvalue weighted by atomic mass is 16.3. The second-order valence-corrected chi connectivity index (χ2v) is 6.88. The number of aromatic nitrogens is 2. The minimum absolute atomic E-state index is 0.0618. The van der Waals surface area contributed by atoms with Crippen LogP contribution in [-0.4, -0.2) is 28.0 Å². The first kappa shape index (κ1) is 16.7. The topological polar surface area (TPSA) is 116 Å². The lowest BCUT2D eigenvalue weighted by atomic mass is 9.77. The van der Waals surface area contributed by atoms with Crippen molar-refractivity contribution in [3.05, 3.63) is 47.4 Å². The molecule has 1 aliphatic carbocycles. The maximum atomic E-state index is 12.6. The SMILES string of the molecule is Cc1ncc(C#N)nc1C(=O)NC1CCC2NNC(c3ccoc3)C2C1. The molecule has 3 heterocycles. The number of hydrogen-bond acceptors (Lipinski definition) is 7. The molecule has 1 saturated heterocycles. The first-order valence-electron chi connectivity index (χ1n) is 8.73. The van der Waals surface area contributed by atoms with Gasteiger partial charge in [0.1, 0.15) is 6.07 Å². The van der Waals surface area contributed by atoms with Crippen molar-refractivity contribution >= 4 is 5.91 Å². The molecule has 2 aromatic rings. The van der Waals surface area contributed by atoms with Gasteiger partial charge in [0.2, 0.25) is 0 Å². The quantitative estimate of drug-likeness (QED) is 0.764. The van der Waals surface area contributed by atoms with Crippen LogP contribution >= 0.6 is 0 Å². The molecule has 0 bridgehead atoms. The van der Waals surface area contributed by atoms with Crippen LogP contribution in [0.1, 0.15) is 52.7 Å². The summed E-state index contributed by atoms with van der Waals surface area (Å²) in [6.45, 7) is 1.72. The number of nitrogens with one attached hydrogen (secondary N) is 3. The fourth-order valence-electron chi connectivity index (χ4n) is 3.94. The van der Waals surface area contributed by atoms with Crippen molar-refractivity contribution in [2.24, 2.45) is 5.92 Å². The predicted molar refractivity (Wildman–Crippen MR) is 91.6 cm³/mol. The Bertz CT molecular complexity index is 844. The van der Waals surface area contributed by atoms with E-state index < -0.39 is 0 Å². The van der Waals surface area contributed by atoms with Gasteiger partial charge in [-0.1, -0.05) is 0 Å². The number of carbonyl (C=O) groups is 1. The van der Waals surface area contributed by atoms with Gasteiger partial charge >= 0.3 is 0 Å². The lowest BCUT2D eigenvalue weighted by Crippen LogP contribution is -2.44. The summed E-state index contributed by atoms with van der Waals surface area (Å²) in [6.07, 6.45) is 7.54. The van der Waals surface area contributed by atoms with E-state index in [1.165, 1.54) is 6.20 Å². The van der Waals surface area contributed by atoms with Crippen LogP contribution in [0.25, 0.3) is 0 Å². The lowest BCUT2D eigenvalue weighted by molar-refractivity contribution is 0.0909. The third kappa shape index (κ3) is 3.07. The average molecular weight is 352 g/mol. The van der Waals surface area contributed by atoms with Gasteiger partial charge in [0.05, 0.1) is 30.5 Å². The minimum atomic E-state index is -0.269. The zero-order chi connectivity index (χ0) is 18.1. The van der Waals surface area contributed by atoms with E-state index in [0.29, 0.717) is 17.7 Å². The van der Waals surface area contributed by atoms with E-state index in [9.17, 15) is 4.79 Å². The molecule has 0 radical (unpaired) electrons. The molecule has 4 unspecified atom stereocenters. The van der Waals surface area contributed by atoms with Crippen molar-refractivity contribution in [2.75, 3.05) is 0 Å². The summed E-state index contributed by atoms with van der Waals surface area (Å²) in [5.41, 5.74) is 8.72. The van der Waals surface area contributed by atoms with Crippen LogP contribution in [-0.2, 0) is 0 Å². The summed E-state index contributed by atoms with van der Waals surface area (Å²) >= 11 is 0. The standard InChI is InChI=1S/C18H20N6O2/c1-10-16(21-13(7-19)8-20-10)18(25)22-12-2-3-15-14(6-12)17(24-23-15)11-4-5-26-9-11/h4-5,8-9,12,14-15,17,23-24H,2-3,6H2,1H3,(H,22,25). The first-order chi connectivity index (χ1) is 12.7. The van der Waals surface area contributed by atoms with Gasteiger partial charge in [-0.3, -0.25) is 15.2 Å². The number of furan rings is 1. The number of fused-ring (bicyclic) bond motifs is 1. The highest BCUT2D eigenvalue weighted by molar-refractivity contribution is 5.93. The van der Waals surface area contributed by atoms with Gasteiger partial charge in [0.15, 0.2) is 11.4 Å². The number of nitrogens with zero attached hydrogens (tertiary/aromatic N) is 3. The molecular formula is C18H20N6O2. The lowest BCUT2D eigenvalue weighted by Gasteiger charge is -2.33. The van der Waals surface area contributed by atoms with E-state index in [4.69, 9.17) is 9.68 Å². The normalized spacial score (nSPS) is 27.5. The van der Waals surface area contributed by atoms with Crippen molar-refractivity contribution in [3.8, 4) is 6.07 Å². The Balaban J connectivity index is 1.46. The van der Waals surface area contributed by atoms with E-state index in [0.717, 1.165) is 24.8 Å². The third-order valence-electron chi connectivity index (χ3n) is 5.27. The Labute approximate surface area is 151 Å². The zero-order valence-electron chi connectivity index (χ0n) is 14.4. The van der Waals surface area contributed by atoms with Crippen LogP contribution < -0.4 is 16.2 Å². The van der Waals surface area contributed by atoms with E-state index in [2.05, 4.69) is 26.1 Å². The molecular weight excluding hydrogens is 332 g/mol. The van der Waals surface area contributed by atoms with Crippen molar-refractivity contribution in [2.45, 2.75) is 44.3 Å². The first-order valence-corrected chi connectivity index (χ1v) is 8.73. The average Bonchev–Trinajstić information content (AvgIpc) is 3.31. The highest BCUT2D eigenvalue weighted by Crippen LogP contribution is 2.38. The van der Waals surface area contributed by atoms with Gasteiger partial charge in [-0.05, 0) is 38.2 Å². The number of hydrogen-bond donors (Lipinski definition) is 3. The number of amides is 1. The second kappa shape index (κ2) is 6.86. The Morgan fingerprint density at radius 2 is 2.31 bits per heavy atom. The molecule has 4 rings (SSSR count). The number of nitriles is 1. The van der Waals surface area contributed by atoms with Crippen LogP contribution in [0.15, 0.2) is 29.2 Å². The summed E-state index contributed by atoms with van der Waals surface area (Å²) in [7, 11) is 0. The van der Waals surface area contributed by atoms with Crippen molar-refractivity contribution in [3.63, 3.8) is 0 Å². The smallest absolute Gasteiger partial charge is 0.272 e. The fraction of sp³-hybridized carbons (Fsp3) is 0.444. The van der Waals surface area contributed by atoms with Gasteiger partial charge < -0.3 is 9.73 Å². The van der Waals surface area contributed by atoms with Crippen molar-refractivity contribution in [1.82, 2.24) is 26.1 Å². The number of carbonyl (C=O) groups excluding carboxylic acids is 1. The largest absolute Gasteiger partial charge is 0.472 e. The van der Waals surface area contributed by atoms with Crippen LogP contribution in [0.5, 0.6) is 0 Å². The molecule has 2 aliphatic rings. The van der Waals surface area contributed by atoms with Gasteiger partial charge in [0, 0.05) is 17.6 Å². The molecule has 4 atom stereocenters. The Morgan fingerprint density at radius 1 is 1.42 bits per heavy atom. The molecule has 1 saturated carbocycles. The molecule has 0 aromatic carbocycles. The van der Waals surface area contributed by atoms with E-state index in [1.54, 1.807) is 19.5 Å². The number of hydrazine groups is 1. The van der Waals surface area contributed by atoms with Gasteiger partial charge in [0.25, 0.3) is 5.91 Å². The van der Waals surface area contributed by atoms with Gasteiger partial charge in [-0.2, -0.15) is 5.26 Å². The van der Waals surface area contributed by atoms with Crippen molar-refractivity contribution < 1.29 is 9.21 Å². The molecule has 134 valence electrons. The molecule has 1 amide bonds. The summed E-state index contributed by atoms with van der Waals surface area (Å²) in [4.78, 5) is 20.8. The molecule has 8 nitrogen and oxygen atoms in total. The van der Waals surface area contributed by atoms with E-state index in [1.807, 2.05) is 12.1 Å². The summed E-state index contributed by atoms with van der Waals surface area (Å²) in [5, 5.41) is 12.0. The molecule has 8 heteroatoms. The Morgan fingerprint density at radius 3 is 3.08 bits per heavy atom. The third-order valence-corrected chi connectivity index (χ3v) is 5.27. The van der Waals surface area contributed by atoms with Crippen LogP contribution in [0.4, 0.5) is 0 Å². The van der Waals surface area contributed by atoms with Crippen LogP contribution in [0.3, 0.4) is 0 Å². The minimum Gasteiger partial charge on any atom is -0.472 e. The maximum Gasteiger partial charge on any atom is 0.272 e. The van der Waals surface area contributed by atoms with E-state index in [-0.39, 0.29) is 29.4 Å². The summed E-state index contributed by atoms with van der Waals surface area (Å²) < 4.78 is 5.21. The fourth-order valence-corrected chi connectivity index (χ4v) is 3.94. The number of rotatable bonds is 3. The molecule has 26 heavy (non-hydrogen) atoms. The summed E-state index contributed by atoms with van der Waals surface area (Å²) in [6, 6.07) is 4.51. The van der Waals surface area contributed by atoms with E-state index >= 15 is 0 Å². The highest BCUT2D eigenvalue weighted by Gasteiger charge is 2.41. The molecule has 2 aromatic heterocycles. The Kier molecular flexibility index (Phi) is 4.41. The number of aryl methyl sites for hydroxylation is 1.